The first-order chi connectivity index (χ1) is 30.4. The number of nitrogens with zero attached hydrogens (tertiary/aromatic N) is 4. The highest BCUT2D eigenvalue weighted by Crippen LogP contribution is 2.46. The highest BCUT2D eigenvalue weighted by atomic mass is 35.5. The van der Waals surface area contributed by atoms with E-state index >= 15 is 4.39 Å². The number of alkyl halides is 3. The lowest BCUT2D eigenvalue weighted by Crippen LogP contribution is -2.46. The van der Waals surface area contributed by atoms with E-state index in [1.165, 1.54) is 12.1 Å². The molecule has 1 aromatic heterocycles. The van der Waals surface area contributed by atoms with Crippen LogP contribution < -0.4 is 19.8 Å². The summed E-state index contributed by atoms with van der Waals surface area (Å²) in [6.45, 7) is 11.2. The average Bonchev–Trinajstić information content (AvgIpc) is 3.57. The molecule has 2 saturated heterocycles. The van der Waals surface area contributed by atoms with Gasteiger partial charge in [0.25, 0.3) is 9.84 Å². The molecule has 1 atom stereocenters. The standard InChI is InChI=1S/C46H53ClF4N6O4S3/c1-30(2)57-31(3)45(62-4)43(44(57)32-6-8-34(47)9-7-32)33-26-35(48)28-38(27-33)56-24-22-55(23-25-56)37-12-10-36(11-13-37)53-63(59)40-14-15-41(42(29-40)64(60,61)46(49,50)51)52-18-5-19-54-20-16-39(58)17-21-54/h6-15,26-30,39,52-53,58H,5,16-25H2,1-4H3. The van der Waals surface area contributed by atoms with Gasteiger partial charge < -0.3 is 34.2 Å². The first-order valence-corrected chi connectivity index (χ1v) is 25.4. The van der Waals surface area contributed by atoms with Gasteiger partial charge in [-0.25, -0.2) is 17.5 Å². The van der Waals surface area contributed by atoms with E-state index in [2.05, 4.69) is 56.1 Å². The van der Waals surface area contributed by atoms with Gasteiger partial charge in [0.05, 0.1) is 23.2 Å². The van der Waals surface area contributed by atoms with Gasteiger partial charge in [-0.3, -0.25) is 0 Å². The number of rotatable bonds is 15. The number of anilines is 4. The van der Waals surface area contributed by atoms with Crippen molar-refractivity contribution >= 4 is 67.3 Å². The molecule has 64 heavy (non-hydrogen) atoms. The summed E-state index contributed by atoms with van der Waals surface area (Å²) in [6.07, 6.45) is 3.56. The fraction of sp³-hybridized carbons (Fsp3) is 0.391. The number of piperazine rings is 1. The number of aromatic nitrogens is 1. The minimum atomic E-state index is -5.77. The summed E-state index contributed by atoms with van der Waals surface area (Å²) in [5, 5.41) is 13.2. The third kappa shape index (κ3) is 10.6. The fourth-order valence-electron chi connectivity index (χ4n) is 8.55. The van der Waals surface area contributed by atoms with Gasteiger partial charge in [-0.05, 0) is 131 Å². The summed E-state index contributed by atoms with van der Waals surface area (Å²) in [4.78, 5) is 6.45. The van der Waals surface area contributed by atoms with Crippen LogP contribution in [0.2, 0.25) is 5.02 Å². The molecule has 344 valence electrons. The molecule has 0 spiro atoms. The van der Waals surface area contributed by atoms with Crippen molar-refractivity contribution in [3.05, 3.63) is 101 Å². The van der Waals surface area contributed by atoms with E-state index in [0.717, 1.165) is 50.4 Å². The van der Waals surface area contributed by atoms with Crippen LogP contribution in [0.4, 0.5) is 40.3 Å². The number of nitrogens with one attached hydrogen (secondary N) is 2. The van der Waals surface area contributed by atoms with Crippen molar-refractivity contribution in [1.82, 2.24) is 9.47 Å². The van der Waals surface area contributed by atoms with Crippen LogP contribution in [0.3, 0.4) is 0 Å². The molecule has 7 rings (SSSR count). The highest BCUT2D eigenvalue weighted by Gasteiger charge is 2.48. The van der Waals surface area contributed by atoms with E-state index in [-0.39, 0.29) is 35.1 Å². The molecule has 18 heteroatoms. The summed E-state index contributed by atoms with van der Waals surface area (Å²) in [5.41, 5.74) is 1.21. The normalized spacial score (nSPS) is 16.1. The van der Waals surface area contributed by atoms with Gasteiger partial charge in [-0.2, -0.15) is 13.2 Å². The van der Waals surface area contributed by atoms with Crippen molar-refractivity contribution in [3.8, 4) is 22.4 Å². The molecular formula is C46H53ClF4N6O4S3. The van der Waals surface area contributed by atoms with Gasteiger partial charge >= 0.3 is 5.51 Å². The zero-order valence-corrected chi connectivity index (χ0v) is 39.3. The van der Waals surface area contributed by atoms with E-state index in [1.54, 1.807) is 36.0 Å². The molecule has 2 aliphatic rings. The number of benzene rings is 4. The predicted octanol–water partition coefficient (Wildman–Crippen LogP) is 10.2. The molecule has 3 N–H and O–H groups in total. The molecular weight excluding hydrogens is 908 g/mol. The molecule has 0 saturated carbocycles. The average molecular weight is 962 g/mol. The van der Waals surface area contributed by atoms with E-state index in [9.17, 15) is 31.2 Å². The first kappa shape index (κ1) is 47.9. The number of hydrogen-bond donors (Lipinski definition) is 3. The van der Waals surface area contributed by atoms with Crippen molar-refractivity contribution in [2.75, 3.05) is 78.5 Å². The Morgan fingerprint density at radius 2 is 1.53 bits per heavy atom. The SMILES string of the molecule is CSc1c(-c2cc(F)cc(N3CCN(c4ccc(N[S+]([O-])c5ccc(NCCCN6CCC(O)CC6)c(S(=O)(=O)C(F)(F)F)c5)cc4)CC3)c2)c(-c2ccc(Cl)cc2)n(C(C)C)c1C. The van der Waals surface area contributed by atoms with Crippen molar-refractivity contribution in [2.24, 2.45) is 0 Å². The molecule has 10 nitrogen and oxygen atoms in total. The Balaban J connectivity index is 1.01. The molecule has 5 aromatic rings. The fourth-order valence-corrected chi connectivity index (χ4v) is 11.4. The smallest absolute Gasteiger partial charge is 0.501 e. The second-order valence-electron chi connectivity index (χ2n) is 16.4. The first-order valence-electron chi connectivity index (χ1n) is 21.2. The maximum Gasteiger partial charge on any atom is 0.501 e. The number of piperidine rings is 1. The maximum atomic E-state index is 15.6. The van der Waals surface area contributed by atoms with Crippen LogP contribution in [0.15, 0.2) is 99.6 Å². The summed E-state index contributed by atoms with van der Waals surface area (Å²) >= 11 is 5.82. The lowest BCUT2D eigenvalue weighted by Gasteiger charge is -2.37. The van der Waals surface area contributed by atoms with E-state index in [4.69, 9.17) is 11.6 Å². The number of halogens is 5. The summed E-state index contributed by atoms with van der Waals surface area (Å²) in [7, 11) is -5.77. The van der Waals surface area contributed by atoms with Crippen LogP contribution in [-0.2, 0) is 21.2 Å². The minimum absolute atomic E-state index is 0.139. The Bertz CT molecular complexity index is 2510. The zero-order chi connectivity index (χ0) is 45.9. The van der Waals surface area contributed by atoms with E-state index < -0.39 is 31.6 Å². The Kier molecular flexibility index (Phi) is 15.1. The van der Waals surface area contributed by atoms with Gasteiger partial charge in [-0.1, -0.05) is 23.7 Å². The third-order valence-electron chi connectivity index (χ3n) is 11.8. The predicted molar refractivity (Wildman–Crippen MR) is 253 cm³/mol. The van der Waals surface area contributed by atoms with Crippen molar-refractivity contribution < 1.29 is 35.6 Å². The number of hydrogen-bond acceptors (Lipinski definition) is 10. The van der Waals surface area contributed by atoms with Crippen LogP contribution in [-0.4, -0.2) is 97.8 Å². The van der Waals surface area contributed by atoms with Crippen molar-refractivity contribution in [3.63, 3.8) is 0 Å². The number of aliphatic hydroxyl groups excluding tert-OH is 1. The van der Waals surface area contributed by atoms with Crippen molar-refractivity contribution in [1.29, 1.82) is 0 Å². The summed E-state index contributed by atoms with van der Waals surface area (Å²) < 4.78 is 101. The molecule has 2 aliphatic heterocycles. The molecule has 4 aromatic carbocycles. The van der Waals surface area contributed by atoms with E-state index in [0.29, 0.717) is 75.8 Å². The Morgan fingerprint density at radius 3 is 2.14 bits per heavy atom. The van der Waals surface area contributed by atoms with Crippen LogP contribution in [0.25, 0.3) is 22.4 Å². The van der Waals surface area contributed by atoms with Crippen LogP contribution in [0, 0.1) is 12.7 Å². The zero-order valence-electron chi connectivity index (χ0n) is 36.1. The minimum Gasteiger partial charge on any atom is -0.588 e. The Hall–Kier alpha value is -4.10. The molecule has 3 heterocycles. The van der Waals surface area contributed by atoms with Gasteiger partial charge in [0, 0.05) is 90.5 Å². The maximum absolute atomic E-state index is 15.6. The van der Waals surface area contributed by atoms with Gasteiger partial charge in [0.1, 0.15) is 22.1 Å². The number of sulfone groups is 1. The topological polar surface area (TPSA) is 116 Å². The molecule has 0 aliphatic carbocycles. The third-order valence-corrected chi connectivity index (χ3v) is 15.6. The Labute approximate surface area is 385 Å². The lowest BCUT2D eigenvalue weighted by molar-refractivity contribution is -0.0435. The number of likely N-dealkylation sites (tertiary alicyclic amines) is 1. The van der Waals surface area contributed by atoms with Gasteiger partial charge in [0.2, 0.25) is 0 Å². The molecule has 0 radical (unpaired) electrons. The lowest BCUT2D eigenvalue weighted by atomic mass is 9.99. The van der Waals surface area contributed by atoms with Crippen molar-refractivity contribution in [2.45, 2.75) is 72.4 Å². The van der Waals surface area contributed by atoms with Crippen LogP contribution >= 0.6 is 23.4 Å². The quantitative estimate of drug-likeness (QED) is 0.0405. The highest BCUT2D eigenvalue weighted by molar-refractivity contribution is 7.98. The Morgan fingerprint density at radius 1 is 0.891 bits per heavy atom. The van der Waals surface area contributed by atoms with Crippen LogP contribution in [0.1, 0.15) is 44.8 Å². The largest absolute Gasteiger partial charge is 0.588 e. The number of aliphatic hydroxyl groups is 1. The summed E-state index contributed by atoms with van der Waals surface area (Å²) in [6, 6.07) is 23.6. The van der Waals surface area contributed by atoms with Gasteiger partial charge in [-0.15, -0.1) is 11.8 Å². The van der Waals surface area contributed by atoms with E-state index in [1.807, 2.05) is 42.7 Å². The molecule has 2 fully saturated rings. The molecule has 0 bridgehead atoms. The number of thioether (sulfide) groups is 1. The van der Waals surface area contributed by atoms with Crippen LogP contribution in [0.5, 0.6) is 0 Å². The molecule has 1 unspecified atom stereocenters. The van der Waals surface area contributed by atoms with Gasteiger partial charge in [0.15, 0.2) is 4.90 Å². The monoisotopic (exact) mass is 960 g/mol. The molecule has 0 amide bonds. The second-order valence-corrected chi connectivity index (χ2v) is 20.7. The second kappa shape index (κ2) is 20.2. The summed E-state index contributed by atoms with van der Waals surface area (Å²) in [5.74, 6) is -0.327.